The van der Waals surface area contributed by atoms with Crippen LogP contribution in [0.15, 0.2) is 0 Å². The van der Waals surface area contributed by atoms with Gasteiger partial charge in [0.15, 0.2) is 0 Å². The van der Waals surface area contributed by atoms with Gasteiger partial charge in [0, 0.05) is 25.6 Å². The number of hydrogen-bond donors (Lipinski definition) is 2. The number of urea groups is 1. The van der Waals surface area contributed by atoms with Crippen molar-refractivity contribution in [2.45, 2.75) is 64.8 Å². The highest BCUT2D eigenvalue weighted by atomic mass is 16.4. The van der Waals surface area contributed by atoms with Crippen LogP contribution in [0.4, 0.5) is 4.79 Å². The minimum Gasteiger partial charge on any atom is -0.481 e. The second-order valence-electron chi connectivity index (χ2n) is 5.83. The number of carboxylic acid groups (broad SMARTS) is 1. The van der Waals surface area contributed by atoms with E-state index in [0.29, 0.717) is 12.8 Å². The zero-order chi connectivity index (χ0) is 15.0. The maximum absolute atomic E-state index is 12.2. The number of carbonyl (C=O) groups is 2. The zero-order valence-electron chi connectivity index (χ0n) is 12.7. The van der Waals surface area contributed by atoms with Crippen LogP contribution in [0.5, 0.6) is 0 Å². The molecule has 0 spiro atoms. The summed E-state index contributed by atoms with van der Waals surface area (Å²) >= 11 is 0. The first-order valence-electron chi connectivity index (χ1n) is 7.80. The number of nitrogens with one attached hydrogen (secondary N) is 1. The third kappa shape index (κ3) is 6.26. The summed E-state index contributed by atoms with van der Waals surface area (Å²) in [5.74, 6) is -0.0255. The number of nitrogens with zero attached hydrogens (tertiary/aromatic N) is 1. The van der Waals surface area contributed by atoms with Gasteiger partial charge >= 0.3 is 12.0 Å². The zero-order valence-corrected chi connectivity index (χ0v) is 12.7. The van der Waals surface area contributed by atoms with Crippen LogP contribution in [0.1, 0.15) is 58.8 Å². The number of rotatable bonds is 6. The molecular formula is C15H28N2O3. The molecule has 20 heavy (non-hydrogen) atoms. The lowest BCUT2D eigenvalue weighted by Gasteiger charge is -2.23. The average molecular weight is 284 g/mol. The van der Waals surface area contributed by atoms with Crippen molar-refractivity contribution in [1.82, 2.24) is 10.2 Å². The van der Waals surface area contributed by atoms with Crippen LogP contribution in [-0.4, -0.2) is 41.1 Å². The molecule has 0 aromatic heterocycles. The summed E-state index contributed by atoms with van der Waals surface area (Å²) in [6.45, 7) is 5.83. The Bertz CT molecular complexity index is 320. The summed E-state index contributed by atoms with van der Waals surface area (Å²) in [7, 11) is 0. The monoisotopic (exact) mass is 284 g/mol. The average Bonchev–Trinajstić information content (AvgIpc) is 2.63. The first kappa shape index (κ1) is 16.8. The van der Waals surface area contributed by atoms with Gasteiger partial charge < -0.3 is 15.3 Å². The maximum atomic E-state index is 12.2. The van der Waals surface area contributed by atoms with Crippen molar-refractivity contribution < 1.29 is 14.7 Å². The molecule has 5 nitrogen and oxygen atoms in total. The summed E-state index contributed by atoms with van der Waals surface area (Å²) < 4.78 is 0. The molecule has 1 fully saturated rings. The molecule has 0 saturated carbocycles. The molecule has 1 aliphatic rings. The lowest BCUT2D eigenvalue weighted by atomic mass is 9.98. The van der Waals surface area contributed by atoms with E-state index in [0.717, 1.165) is 31.8 Å². The standard InChI is InChI=1S/C15H28N2O3/c1-3-13-7-5-10-17(11-9-13)15(20)16-12(2)6-4-8-14(18)19/h12-13H,3-11H2,1-2H3,(H,16,20)(H,18,19). The molecule has 1 aliphatic heterocycles. The van der Waals surface area contributed by atoms with Crippen molar-refractivity contribution >= 4 is 12.0 Å². The summed E-state index contributed by atoms with van der Waals surface area (Å²) in [4.78, 5) is 24.5. The van der Waals surface area contributed by atoms with Crippen molar-refractivity contribution in [2.75, 3.05) is 13.1 Å². The van der Waals surface area contributed by atoms with E-state index in [-0.39, 0.29) is 18.5 Å². The fourth-order valence-corrected chi connectivity index (χ4v) is 2.71. The number of aliphatic carboxylic acids is 1. The smallest absolute Gasteiger partial charge is 0.317 e. The van der Waals surface area contributed by atoms with Crippen LogP contribution in [0.25, 0.3) is 0 Å². The lowest BCUT2D eigenvalue weighted by Crippen LogP contribution is -2.44. The van der Waals surface area contributed by atoms with E-state index in [2.05, 4.69) is 12.2 Å². The van der Waals surface area contributed by atoms with E-state index in [9.17, 15) is 9.59 Å². The quantitative estimate of drug-likeness (QED) is 0.788. The Morgan fingerprint density at radius 1 is 1.35 bits per heavy atom. The van der Waals surface area contributed by atoms with Gasteiger partial charge in [0.25, 0.3) is 0 Å². The first-order valence-corrected chi connectivity index (χ1v) is 7.80. The Hall–Kier alpha value is -1.26. The van der Waals surface area contributed by atoms with Crippen LogP contribution in [0.2, 0.25) is 0 Å². The number of carbonyl (C=O) groups excluding carboxylic acids is 1. The Balaban J connectivity index is 2.28. The SMILES string of the molecule is CCC1CCCN(C(=O)NC(C)CCCC(=O)O)CC1. The van der Waals surface area contributed by atoms with Crippen LogP contribution < -0.4 is 5.32 Å². The molecule has 116 valence electrons. The van der Waals surface area contributed by atoms with Gasteiger partial charge in [-0.3, -0.25) is 4.79 Å². The fraction of sp³-hybridized carbons (Fsp3) is 0.867. The van der Waals surface area contributed by atoms with Gasteiger partial charge in [0.2, 0.25) is 0 Å². The van der Waals surface area contributed by atoms with Crippen molar-refractivity contribution in [2.24, 2.45) is 5.92 Å². The number of likely N-dealkylation sites (tertiary alicyclic amines) is 1. The number of carboxylic acids is 1. The van der Waals surface area contributed by atoms with E-state index in [1.807, 2.05) is 11.8 Å². The summed E-state index contributed by atoms with van der Waals surface area (Å²) in [6, 6.07) is 0.0386. The molecule has 0 aliphatic carbocycles. The normalized spacial score (nSPS) is 21.1. The van der Waals surface area contributed by atoms with E-state index >= 15 is 0 Å². The molecular weight excluding hydrogens is 256 g/mol. The largest absolute Gasteiger partial charge is 0.481 e. The molecule has 2 unspecified atom stereocenters. The third-order valence-corrected chi connectivity index (χ3v) is 4.11. The third-order valence-electron chi connectivity index (χ3n) is 4.11. The molecule has 1 saturated heterocycles. The molecule has 2 N–H and O–H groups in total. The highest BCUT2D eigenvalue weighted by Crippen LogP contribution is 2.20. The van der Waals surface area contributed by atoms with E-state index in [4.69, 9.17) is 5.11 Å². The van der Waals surface area contributed by atoms with Crippen LogP contribution in [-0.2, 0) is 4.79 Å². The molecule has 0 bridgehead atoms. The van der Waals surface area contributed by atoms with Gasteiger partial charge in [-0.15, -0.1) is 0 Å². The van der Waals surface area contributed by atoms with Gasteiger partial charge in [0.05, 0.1) is 0 Å². The summed E-state index contributed by atoms with van der Waals surface area (Å²) in [5.41, 5.74) is 0. The van der Waals surface area contributed by atoms with Gasteiger partial charge in [-0.25, -0.2) is 4.79 Å². The predicted molar refractivity (Wildman–Crippen MR) is 78.7 cm³/mol. The molecule has 5 heteroatoms. The second kappa shape index (κ2) is 8.82. The van der Waals surface area contributed by atoms with Crippen molar-refractivity contribution in [3.63, 3.8) is 0 Å². The second-order valence-corrected chi connectivity index (χ2v) is 5.83. The van der Waals surface area contributed by atoms with Gasteiger partial charge in [-0.2, -0.15) is 0 Å². The van der Waals surface area contributed by atoms with Crippen LogP contribution in [0, 0.1) is 5.92 Å². The van der Waals surface area contributed by atoms with Crippen molar-refractivity contribution in [1.29, 1.82) is 0 Å². The fourth-order valence-electron chi connectivity index (χ4n) is 2.71. The Morgan fingerprint density at radius 3 is 2.75 bits per heavy atom. The summed E-state index contributed by atoms with van der Waals surface area (Å²) in [5, 5.41) is 11.6. The van der Waals surface area contributed by atoms with Gasteiger partial charge in [-0.05, 0) is 44.9 Å². The molecule has 2 amide bonds. The summed E-state index contributed by atoms with van der Waals surface area (Å²) in [6.07, 6.45) is 6.08. The first-order chi connectivity index (χ1) is 9.52. The topological polar surface area (TPSA) is 69.6 Å². The molecule has 0 aromatic rings. The Labute approximate surface area is 121 Å². The predicted octanol–water partition coefficient (Wildman–Crippen LogP) is 2.85. The molecule has 1 rings (SSSR count). The van der Waals surface area contributed by atoms with Gasteiger partial charge in [-0.1, -0.05) is 13.3 Å². The number of amides is 2. The molecule has 0 radical (unpaired) electrons. The highest BCUT2D eigenvalue weighted by molar-refractivity contribution is 5.74. The van der Waals surface area contributed by atoms with E-state index in [1.165, 1.54) is 12.8 Å². The molecule has 1 heterocycles. The van der Waals surface area contributed by atoms with Crippen molar-refractivity contribution in [3.8, 4) is 0 Å². The van der Waals surface area contributed by atoms with Crippen LogP contribution >= 0.6 is 0 Å². The highest BCUT2D eigenvalue weighted by Gasteiger charge is 2.20. The van der Waals surface area contributed by atoms with E-state index < -0.39 is 5.97 Å². The Morgan fingerprint density at radius 2 is 2.10 bits per heavy atom. The van der Waals surface area contributed by atoms with Gasteiger partial charge in [0.1, 0.15) is 0 Å². The minimum atomic E-state index is -0.776. The minimum absolute atomic E-state index is 0.00424. The van der Waals surface area contributed by atoms with Crippen molar-refractivity contribution in [3.05, 3.63) is 0 Å². The lowest BCUT2D eigenvalue weighted by molar-refractivity contribution is -0.137. The molecule has 0 aromatic carbocycles. The Kier molecular flexibility index (Phi) is 7.41. The number of hydrogen-bond acceptors (Lipinski definition) is 2. The van der Waals surface area contributed by atoms with E-state index in [1.54, 1.807) is 0 Å². The maximum Gasteiger partial charge on any atom is 0.317 e. The molecule has 2 atom stereocenters. The van der Waals surface area contributed by atoms with Crippen LogP contribution in [0.3, 0.4) is 0 Å².